The van der Waals surface area contributed by atoms with Crippen LogP contribution in [-0.2, 0) is 9.84 Å². The second-order valence-corrected chi connectivity index (χ2v) is 8.30. The van der Waals surface area contributed by atoms with Gasteiger partial charge in [0.1, 0.15) is 11.3 Å². The van der Waals surface area contributed by atoms with Gasteiger partial charge in [-0.1, -0.05) is 42.5 Å². The van der Waals surface area contributed by atoms with Crippen LogP contribution in [0.5, 0.6) is 11.6 Å². The van der Waals surface area contributed by atoms with Crippen molar-refractivity contribution in [3.63, 3.8) is 0 Å². The van der Waals surface area contributed by atoms with E-state index < -0.39 is 21.8 Å². The molecule has 1 atom stereocenters. The molecule has 0 fully saturated rings. The SMILES string of the molecule is C[C@@H](/C=C/S(C)(=O)=O)NC(=O)c1cc2ccccc2nc1Oc1ccccc1. The fourth-order valence-corrected chi connectivity index (χ4v) is 3.05. The minimum atomic E-state index is -3.27. The maximum absolute atomic E-state index is 12.8. The number of ether oxygens (including phenoxy) is 1. The smallest absolute Gasteiger partial charge is 0.257 e. The fraction of sp³-hybridized carbons (Fsp3) is 0.143. The molecule has 144 valence electrons. The van der Waals surface area contributed by atoms with Gasteiger partial charge >= 0.3 is 0 Å². The van der Waals surface area contributed by atoms with Gasteiger partial charge < -0.3 is 10.1 Å². The average molecular weight is 396 g/mol. The molecule has 1 N–H and O–H groups in total. The Hall–Kier alpha value is -3.19. The molecule has 1 heterocycles. The topological polar surface area (TPSA) is 85.4 Å². The third-order valence-corrected chi connectivity index (χ3v) is 4.52. The number of hydrogen-bond acceptors (Lipinski definition) is 5. The van der Waals surface area contributed by atoms with Crippen molar-refractivity contribution in [2.45, 2.75) is 13.0 Å². The summed E-state index contributed by atoms with van der Waals surface area (Å²) in [7, 11) is -3.27. The predicted octanol–water partition coefficient (Wildman–Crippen LogP) is 3.70. The Morgan fingerprint density at radius 2 is 1.79 bits per heavy atom. The number of fused-ring (bicyclic) bond motifs is 1. The van der Waals surface area contributed by atoms with E-state index in [2.05, 4.69) is 10.3 Å². The summed E-state index contributed by atoms with van der Waals surface area (Å²) in [5.41, 5.74) is 0.970. The number of aromatic nitrogens is 1. The van der Waals surface area contributed by atoms with Gasteiger partial charge in [0.25, 0.3) is 5.91 Å². The highest BCUT2D eigenvalue weighted by molar-refractivity contribution is 7.93. The van der Waals surface area contributed by atoms with Gasteiger partial charge in [0.15, 0.2) is 9.84 Å². The molecule has 0 aliphatic rings. The Morgan fingerprint density at radius 3 is 2.50 bits per heavy atom. The number of rotatable bonds is 6. The number of hydrogen-bond donors (Lipinski definition) is 1. The quantitative estimate of drug-likeness (QED) is 0.687. The largest absolute Gasteiger partial charge is 0.438 e. The standard InChI is InChI=1S/C21H20N2O4S/c1-15(12-13-28(2,25)26)22-20(24)18-14-16-8-6-7-11-19(16)23-21(18)27-17-9-4-3-5-10-17/h3-15H,1-2H3,(H,22,24)/b13-12+/t15-/m0/s1. The van der Waals surface area contributed by atoms with Crippen LogP contribution in [0.15, 0.2) is 72.1 Å². The summed E-state index contributed by atoms with van der Waals surface area (Å²) in [5.74, 6) is 0.334. The van der Waals surface area contributed by atoms with Gasteiger partial charge in [-0.05, 0) is 31.2 Å². The normalized spacial score (nSPS) is 12.8. The van der Waals surface area contributed by atoms with Gasteiger partial charge in [0.2, 0.25) is 5.88 Å². The summed E-state index contributed by atoms with van der Waals surface area (Å²) in [5, 5.41) is 4.62. The Kier molecular flexibility index (Phi) is 5.75. The molecule has 2 aromatic carbocycles. The molecule has 0 aliphatic carbocycles. The van der Waals surface area contributed by atoms with Crippen LogP contribution in [-0.4, -0.2) is 31.6 Å². The number of sulfone groups is 1. The van der Waals surface area contributed by atoms with Crippen LogP contribution in [0, 0.1) is 0 Å². The van der Waals surface area contributed by atoms with Crippen molar-refractivity contribution >= 4 is 26.6 Å². The average Bonchev–Trinajstić information content (AvgIpc) is 2.66. The summed E-state index contributed by atoms with van der Waals surface area (Å²) >= 11 is 0. The van der Waals surface area contributed by atoms with E-state index in [4.69, 9.17) is 4.74 Å². The highest BCUT2D eigenvalue weighted by Gasteiger charge is 2.18. The second kappa shape index (κ2) is 8.22. The summed E-state index contributed by atoms with van der Waals surface area (Å²) in [6.45, 7) is 1.69. The molecule has 0 saturated heterocycles. The van der Waals surface area contributed by atoms with Crippen LogP contribution in [0.25, 0.3) is 10.9 Å². The lowest BCUT2D eigenvalue weighted by Gasteiger charge is -2.14. The Bertz CT molecular complexity index is 1130. The zero-order valence-electron chi connectivity index (χ0n) is 15.5. The first kappa shape index (κ1) is 19.6. The molecule has 0 radical (unpaired) electrons. The van der Waals surface area contributed by atoms with Gasteiger partial charge in [-0.2, -0.15) is 0 Å². The highest BCUT2D eigenvalue weighted by Crippen LogP contribution is 2.27. The number of benzene rings is 2. The molecule has 0 aliphatic heterocycles. The third kappa shape index (κ3) is 5.17. The zero-order valence-corrected chi connectivity index (χ0v) is 16.3. The van der Waals surface area contributed by atoms with E-state index in [1.54, 1.807) is 25.1 Å². The molecular formula is C21H20N2O4S. The van der Waals surface area contributed by atoms with Crippen molar-refractivity contribution in [3.8, 4) is 11.6 Å². The van der Waals surface area contributed by atoms with Crippen LogP contribution in [0.2, 0.25) is 0 Å². The molecule has 1 aromatic heterocycles. The molecule has 0 unspecified atom stereocenters. The lowest BCUT2D eigenvalue weighted by Crippen LogP contribution is -2.31. The van der Waals surface area contributed by atoms with Crippen LogP contribution in [0.4, 0.5) is 0 Å². The molecule has 6 nitrogen and oxygen atoms in total. The number of para-hydroxylation sites is 2. The molecule has 0 bridgehead atoms. The summed E-state index contributed by atoms with van der Waals surface area (Å²) in [6.07, 6.45) is 2.51. The molecular weight excluding hydrogens is 376 g/mol. The third-order valence-electron chi connectivity index (χ3n) is 3.86. The first-order valence-corrected chi connectivity index (χ1v) is 10.6. The predicted molar refractivity (Wildman–Crippen MR) is 109 cm³/mol. The van der Waals surface area contributed by atoms with Crippen LogP contribution >= 0.6 is 0 Å². The van der Waals surface area contributed by atoms with Gasteiger partial charge in [0, 0.05) is 23.1 Å². The lowest BCUT2D eigenvalue weighted by molar-refractivity contribution is 0.0944. The lowest BCUT2D eigenvalue weighted by atomic mass is 10.1. The molecule has 1 amide bonds. The van der Waals surface area contributed by atoms with Gasteiger partial charge in [0.05, 0.1) is 5.52 Å². The number of carbonyl (C=O) groups excluding carboxylic acids is 1. The van der Waals surface area contributed by atoms with Crippen molar-refractivity contribution in [2.75, 3.05) is 6.26 Å². The van der Waals surface area contributed by atoms with Crippen molar-refractivity contribution in [2.24, 2.45) is 0 Å². The monoisotopic (exact) mass is 396 g/mol. The van der Waals surface area contributed by atoms with Crippen molar-refractivity contribution in [1.82, 2.24) is 10.3 Å². The van der Waals surface area contributed by atoms with Gasteiger partial charge in [-0.3, -0.25) is 4.79 Å². The number of amides is 1. The van der Waals surface area contributed by atoms with Crippen molar-refractivity contribution in [1.29, 1.82) is 0 Å². The summed E-state index contributed by atoms with van der Waals surface area (Å²) in [4.78, 5) is 17.3. The van der Waals surface area contributed by atoms with Gasteiger partial charge in [-0.25, -0.2) is 13.4 Å². The van der Waals surface area contributed by atoms with E-state index >= 15 is 0 Å². The van der Waals surface area contributed by atoms with Crippen LogP contribution in [0.1, 0.15) is 17.3 Å². The van der Waals surface area contributed by atoms with Crippen molar-refractivity contribution in [3.05, 3.63) is 77.7 Å². The number of pyridine rings is 1. The highest BCUT2D eigenvalue weighted by atomic mass is 32.2. The first-order chi connectivity index (χ1) is 13.3. The Labute approximate surface area is 163 Å². The maximum Gasteiger partial charge on any atom is 0.257 e. The zero-order chi connectivity index (χ0) is 20.1. The van der Waals surface area contributed by atoms with Crippen molar-refractivity contribution < 1.29 is 17.9 Å². The molecule has 0 spiro atoms. The summed E-state index contributed by atoms with van der Waals surface area (Å²) < 4.78 is 28.4. The molecule has 28 heavy (non-hydrogen) atoms. The molecule has 0 saturated carbocycles. The second-order valence-electron chi connectivity index (χ2n) is 6.37. The van der Waals surface area contributed by atoms with E-state index in [9.17, 15) is 13.2 Å². The molecule has 7 heteroatoms. The van der Waals surface area contributed by atoms with Gasteiger partial charge in [-0.15, -0.1) is 0 Å². The minimum absolute atomic E-state index is 0.182. The molecule has 3 aromatic rings. The summed E-state index contributed by atoms with van der Waals surface area (Å²) in [6, 6.07) is 17.7. The minimum Gasteiger partial charge on any atom is -0.438 e. The van der Waals surface area contributed by atoms with E-state index in [1.807, 2.05) is 42.5 Å². The fourth-order valence-electron chi connectivity index (χ4n) is 2.53. The Morgan fingerprint density at radius 1 is 1.11 bits per heavy atom. The number of nitrogens with one attached hydrogen (secondary N) is 1. The Balaban J connectivity index is 1.94. The molecule has 3 rings (SSSR count). The van der Waals surface area contributed by atoms with E-state index in [1.165, 1.54) is 6.08 Å². The van der Waals surface area contributed by atoms with Crippen LogP contribution < -0.4 is 10.1 Å². The first-order valence-electron chi connectivity index (χ1n) is 8.63. The van der Waals surface area contributed by atoms with E-state index in [0.717, 1.165) is 17.1 Å². The maximum atomic E-state index is 12.8. The van der Waals surface area contributed by atoms with E-state index in [0.29, 0.717) is 11.3 Å². The number of carbonyl (C=O) groups is 1. The number of nitrogens with zero attached hydrogens (tertiary/aromatic N) is 1. The van der Waals surface area contributed by atoms with Crippen LogP contribution in [0.3, 0.4) is 0 Å². The van der Waals surface area contributed by atoms with E-state index in [-0.39, 0.29) is 11.4 Å².